The van der Waals surface area contributed by atoms with Gasteiger partial charge in [-0.15, -0.1) is 0 Å². The highest BCUT2D eigenvalue weighted by molar-refractivity contribution is 7.92. The van der Waals surface area contributed by atoms with Gasteiger partial charge >= 0.3 is 0 Å². The van der Waals surface area contributed by atoms with Crippen molar-refractivity contribution in [3.8, 4) is 0 Å². The minimum Gasteiger partial charge on any atom is -0.279 e. The van der Waals surface area contributed by atoms with Gasteiger partial charge in [-0.3, -0.25) is 4.72 Å². The highest BCUT2D eigenvalue weighted by Crippen LogP contribution is 2.27. The Morgan fingerprint density at radius 2 is 1.29 bits per heavy atom. The zero-order valence-corrected chi connectivity index (χ0v) is 13.9. The molecule has 21 heavy (non-hydrogen) atoms. The first-order valence-corrected chi connectivity index (χ1v) is 8.37. The van der Waals surface area contributed by atoms with E-state index in [9.17, 15) is 8.42 Å². The smallest absolute Gasteiger partial charge is 0.262 e. The van der Waals surface area contributed by atoms with Crippen LogP contribution in [0.4, 0.5) is 5.69 Å². The Morgan fingerprint density at radius 1 is 0.810 bits per heavy atom. The number of nitrogens with one attached hydrogen (secondary N) is 1. The van der Waals surface area contributed by atoms with Crippen molar-refractivity contribution < 1.29 is 8.42 Å². The molecule has 2 aromatic carbocycles. The lowest BCUT2D eigenvalue weighted by Gasteiger charge is -2.16. The van der Waals surface area contributed by atoms with E-state index in [0.29, 0.717) is 10.6 Å². The molecule has 1 N–H and O–H groups in total. The number of sulfonamides is 1. The molecule has 112 valence electrons. The SMILES string of the molecule is Cc1cc(C)c(NS(=O)(=O)c2c(C)cccc2C)c(C)c1. The van der Waals surface area contributed by atoms with Gasteiger partial charge in [-0.05, 0) is 56.9 Å². The van der Waals surface area contributed by atoms with Gasteiger partial charge in [0.25, 0.3) is 10.0 Å². The molecule has 2 aromatic rings. The standard InChI is InChI=1S/C17H21NO2S/c1-11-9-14(4)16(15(5)10-11)18-21(19,20)17-12(2)7-6-8-13(17)3/h6-10,18H,1-5H3. The van der Waals surface area contributed by atoms with Gasteiger partial charge in [-0.2, -0.15) is 0 Å². The van der Waals surface area contributed by atoms with Gasteiger partial charge in [0, 0.05) is 0 Å². The molecular weight excluding hydrogens is 282 g/mol. The van der Waals surface area contributed by atoms with Crippen LogP contribution in [-0.4, -0.2) is 8.42 Å². The van der Waals surface area contributed by atoms with Crippen molar-refractivity contribution in [1.82, 2.24) is 0 Å². The van der Waals surface area contributed by atoms with Gasteiger partial charge in [0.15, 0.2) is 0 Å². The monoisotopic (exact) mass is 303 g/mol. The van der Waals surface area contributed by atoms with E-state index in [0.717, 1.165) is 27.8 Å². The van der Waals surface area contributed by atoms with Gasteiger partial charge in [-0.1, -0.05) is 35.9 Å². The summed E-state index contributed by atoms with van der Waals surface area (Å²) < 4.78 is 28.2. The van der Waals surface area contributed by atoms with Crippen molar-refractivity contribution in [2.45, 2.75) is 39.5 Å². The Bertz CT molecular complexity index is 749. The highest BCUT2D eigenvalue weighted by Gasteiger charge is 2.20. The van der Waals surface area contributed by atoms with Crippen LogP contribution in [0.2, 0.25) is 0 Å². The molecule has 0 spiro atoms. The van der Waals surface area contributed by atoms with Crippen molar-refractivity contribution in [1.29, 1.82) is 0 Å². The molecule has 0 aliphatic heterocycles. The topological polar surface area (TPSA) is 46.2 Å². The zero-order valence-electron chi connectivity index (χ0n) is 13.1. The molecule has 2 rings (SSSR count). The van der Waals surface area contributed by atoms with Crippen LogP contribution in [0, 0.1) is 34.6 Å². The van der Waals surface area contributed by atoms with E-state index in [-0.39, 0.29) is 0 Å². The average Bonchev–Trinajstić information content (AvgIpc) is 2.33. The van der Waals surface area contributed by atoms with Gasteiger partial charge in [0.1, 0.15) is 0 Å². The second-order valence-electron chi connectivity index (χ2n) is 5.60. The van der Waals surface area contributed by atoms with E-state index in [1.54, 1.807) is 0 Å². The van der Waals surface area contributed by atoms with E-state index < -0.39 is 10.0 Å². The van der Waals surface area contributed by atoms with Crippen LogP contribution in [0.25, 0.3) is 0 Å². The van der Waals surface area contributed by atoms with Crippen LogP contribution in [0.1, 0.15) is 27.8 Å². The molecule has 0 aliphatic carbocycles. The van der Waals surface area contributed by atoms with Gasteiger partial charge in [0.2, 0.25) is 0 Å². The quantitative estimate of drug-likeness (QED) is 0.930. The molecule has 0 saturated heterocycles. The summed E-state index contributed by atoms with van der Waals surface area (Å²) in [5.74, 6) is 0. The summed E-state index contributed by atoms with van der Waals surface area (Å²) in [5.41, 5.74) is 5.17. The fourth-order valence-electron chi connectivity index (χ4n) is 2.75. The number of rotatable bonds is 3. The zero-order chi connectivity index (χ0) is 15.8. The Labute approximate surface area is 127 Å². The lowest BCUT2D eigenvalue weighted by atomic mass is 10.1. The average molecular weight is 303 g/mol. The molecule has 0 unspecified atom stereocenters. The van der Waals surface area contributed by atoms with Gasteiger partial charge < -0.3 is 0 Å². The van der Waals surface area contributed by atoms with Crippen LogP contribution in [-0.2, 0) is 10.0 Å². The summed E-state index contributed by atoms with van der Waals surface area (Å²) in [7, 11) is -3.58. The second kappa shape index (κ2) is 5.53. The number of hydrogen-bond acceptors (Lipinski definition) is 2. The highest BCUT2D eigenvalue weighted by atomic mass is 32.2. The third kappa shape index (κ3) is 3.10. The lowest BCUT2D eigenvalue weighted by Crippen LogP contribution is -2.17. The maximum atomic E-state index is 12.7. The Kier molecular flexibility index (Phi) is 4.10. The van der Waals surface area contributed by atoms with Crippen LogP contribution < -0.4 is 4.72 Å². The van der Waals surface area contributed by atoms with Crippen LogP contribution in [0.15, 0.2) is 35.2 Å². The number of anilines is 1. The number of benzene rings is 2. The number of aryl methyl sites for hydroxylation is 5. The molecule has 0 aliphatic rings. The van der Waals surface area contributed by atoms with Crippen molar-refractivity contribution in [3.05, 3.63) is 58.1 Å². The van der Waals surface area contributed by atoms with Crippen LogP contribution in [0.5, 0.6) is 0 Å². The molecule has 0 atom stereocenters. The van der Waals surface area contributed by atoms with E-state index in [1.807, 2.05) is 65.0 Å². The van der Waals surface area contributed by atoms with E-state index in [4.69, 9.17) is 0 Å². The Morgan fingerprint density at radius 3 is 1.76 bits per heavy atom. The summed E-state index contributed by atoms with van der Waals surface area (Å²) in [6.07, 6.45) is 0. The first-order valence-electron chi connectivity index (χ1n) is 6.89. The van der Waals surface area contributed by atoms with Crippen molar-refractivity contribution in [2.75, 3.05) is 4.72 Å². The minimum atomic E-state index is -3.58. The fraction of sp³-hybridized carbons (Fsp3) is 0.294. The predicted octanol–water partition coefficient (Wildman–Crippen LogP) is 4.03. The summed E-state index contributed by atoms with van der Waals surface area (Å²) >= 11 is 0. The molecule has 0 bridgehead atoms. The Balaban J connectivity index is 2.53. The largest absolute Gasteiger partial charge is 0.279 e. The first kappa shape index (κ1) is 15.6. The lowest BCUT2D eigenvalue weighted by molar-refractivity contribution is 0.600. The van der Waals surface area contributed by atoms with Crippen molar-refractivity contribution in [3.63, 3.8) is 0 Å². The molecule has 3 nitrogen and oxygen atoms in total. The molecule has 0 aromatic heterocycles. The molecule has 0 saturated carbocycles. The van der Waals surface area contributed by atoms with E-state index in [1.165, 1.54) is 0 Å². The second-order valence-corrected chi connectivity index (χ2v) is 7.22. The summed E-state index contributed by atoms with van der Waals surface area (Å²) in [6, 6.07) is 9.46. The van der Waals surface area contributed by atoms with E-state index >= 15 is 0 Å². The third-order valence-electron chi connectivity index (χ3n) is 3.59. The Hall–Kier alpha value is -1.81. The molecule has 0 radical (unpaired) electrons. The van der Waals surface area contributed by atoms with Crippen molar-refractivity contribution >= 4 is 15.7 Å². The minimum absolute atomic E-state index is 0.365. The molecular formula is C17H21NO2S. The molecule has 0 amide bonds. The fourth-order valence-corrected chi connectivity index (χ4v) is 4.43. The normalized spacial score (nSPS) is 11.5. The predicted molar refractivity (Wildman–Crippen MR) is 87.4 cm³/mol. The summed E-state index contributed by atoms with van der Waals surface area (Å²) in [4.78, 5) is 0.365. The maximum Gasteiger partial charge on any atom is 0.262 e. The summed E-state index contributed by atoms with van der Waals surface area (Å²) in [6.45, 7) is 9.47. The first-order chi connectivity index (χ1) is 9.72. The van der Waals surface area contributed by atoms with Gasteiger partial charge in [-0.25, -0.2) is 8.42 Å². The van der Waals surface area contributed by atoms with E-state index in [2.05, 4.69) is 4.72 Å². The van der Waals surface area contributed by atoms with Gasteiger partial charge in [0.05, 0.1) is 10.6 Å². The molecule has 4 heteroatoms. The third-order valence-corrected chi connectivity index (χ3v) is 5.25. The van der Waals surface area contributed by atoms with Crippen LogP contribution in [0.3, 0.4) is 0 Å². The molecule has 0 fully saturated rings. The van der Waals surface area contributed by atoms with Crippen molar-refractivity contribution in [2.24, 2.45) is 0 Å². The number of hydrogen-bond donors (Lipinski definition) is 1. The molecule has 0 heterocycles. The maximum absolute atomic E-state index is 12.7. The van der Waals surface area contributed by atoms with Crippen LogP contribution >= 0.6 is 0 Å². The summed E-state index contributed by atoms with van der Waals surface area (Å²) in [5, 5.41) is 0.